The summed E-state index contributed by atoms with van der Waals surface area (Å²) in [6.07, 6.45) is -4.75. The van der Waals surface area contributed by atoms with Gasteiger partial charge >= 0.3 is 18.0 Å². The number of alkyl halides is 3. The third-order valence-electron chi connectivity index (χ3n) is 3.53. The van der Waals surface area contributed by atoms with Gasteiger partial charge < -0.3 is 4.52 Å². The number of aromatic nitrogens is 2. The number of carbonyl (C=O) groups excluding carboxylic acids is 2. The smallest absolute Gasteiger partial charge is 0.329 e. The van der Waals surface area contributed by atoms with Gasteiger partial charge in [0.15, 0.2) is 0 Å². The number of ketones is 1. The van der Waals surface area contributed by atoms with Gasteiger partial charge in [-0.2, -0.15) is 18.2 Å². The van der Waals surface area contributed by atoms with E-state index in [0.717, 1.165) is 5.56 Å². The fraction of sp³-hybridized carbons (Fsp3) is 0.111. The number of Topliss-reactive ketones (excluding diaryl/α,β-unsaturated/α-hetero) is 1. The Hall–Kier alpha value is -3.53. The molecule has 7 nitrogen and oxygen atoms in total. The molecular weight excluding hydrogens is 379 g/mol. The van der Waals surface area contributed by atoms with Crippen LogP contribution in [0.15, 0.2) is 59.1 Å². The number of hydrogen-bond donors (Lipinski definition) is 1. The van der Waals surface area contributed by atoms with Gasteiger partial charge in [-0.25, -0.2) is 5.48 Å². The van der Waals surface area contributed by atoms with E-state index < -0.39 is 23.8 Å². The molecule has 0 aliphatic heterocycles. The number of amides is 1. The summed E-state index contributed by atoms with van der Waals surface area (Å²) in [7, 11) is 0. The van der Waals surface area contributed by atoms with E-state index in [1.807, 2.05) is 11.5 Å². The van der Waals surface area contributed by atoms with Gasteiger partial charge in [-0.1, -0.05) is 59.8 Å². The fourth-order valence-electron chi connectivity index (χ4n) is 2.16. The lowest BCUT2D eigenvalue weighted by atomic mass is 10.1. The number of nitrogens with zero attached hydrogens (tertiary/aromatic N) is 2. The molecule has 1 heterocycles. The molecule has 2 aromatic carbocycles. The maximum Gasteiger partial charge on any atom is 0.471 e. The van der Waals surface area contributed by atoms with Crippen molar-refractivity contribution >= 4 is 11.7 Å². The number of rotatable bonds is 6. The molecule has 0 fully saturated rings. The predicted molar refractivity (Wildman–Crippen MR) is 88.4 cm³/mol. The summed E-state index contributed by atoms with van der Waals surface area (Å²) in [4.78, 5) is 32.2. The van der Waals surface area contributed by atoms with Gasteiger partial charge in [-0.3, -0.25) is 14.4 Å². The second kappa shape index (κ2) is 8.01. The van der Waals surface area contributed by atoms with Gasteiger partial charge in [0, 0.05) is 11.1 Å². The van der Waals surface area contributed by atoms with Crippen LogP contribution in [-0.2, 0) is 22.4 Å². The molecule has 0 saturated heterocycles. The summed E-state index contributed by atoms with van der Waals surface area (Å²) in [5.41, 5.74) is 3.06. The van der Waals surface area contributed by atoms with Gasteiger partial charge in [-0.05, 0) is 5.56 Å². The molecule has 1 N–H and O–H groups in total. The standard InChI is InChI=1S/C18H12F3N3O4/c19-18(20,21)17-22-15(23-28-17)13-8-6-12(7-9-13)14(25)16(26)24-27-10-11-4-2-1-3-5-11/h1-9H,10H2,(H,24,26). The van der Waals surface area contributed by atoms with Crippen LogP contribution in [0.4, 0.5) is 13.2 Å². The Kier molecular flexibility index (Phi) is 5.50. The second-order valence-corrected chi connectivity index (χ2v) is 5.53. The first-order valence-corrected chi connectivity index (χ1v) is 7.86. The number of halogens is 3. The highest BCUT2D eigenvalue weighted by molar-refractivity contribution is 6.42. The van der Waals surface area contributed by atoms with Crippen LogP contribution in [0.5, 0.6) is 0 Å². The lowest BCUT2D eigenvalue weighted by molar-refractivity contribution is -0.159. The molecule has 0 aliphatic carbocycles. The highest BCUT2D eigenvalue weighted by Gasteiger charge is 2.38. The van der Waals surface area contributed by atoms with E-state index in [-0.39, 0.29) is 23.6 Å². The maximum atomic E-state index is 12.5. The number of carbonyl (C=O) groups is 2. The zero-order chi connectivity index (χ0) is 20.1. The summed E-state index contributed by atoms with van der Waals surface area (Å²) < 4.78 is 41.6. The van der Waals surface area contributed by atoms with Crippen LogP contribution in [0.25, 0.3) is 11.4 Å². The molecule has 144 valence electrons. The molecule has 0 bridgehead atoms. The minimum Gasteiger partial charge on any atom is -0.329 e. The summed E-state index contributed by atoms with van der Waals surface area (Å²) in [6, 6.07) is 14.1. The molecule has 0 saturated carbocycles. The monoisotopic (exact) mass is 391 g/mol. The second-order valence-electron chi connectivity index (χ2n) is 5.53. The van der Waals surface area contributed by atoms with Crippen molar-refractivity contribution in [1.29, 1.82) is 0 Å². The zero-order valence-electron chi connectivity index (χ0n) is 14.1. The Labute approximate surface area is 156 Å². The number of hydrogen-bond acceptors (Lipinski definition) is 6. The molecule has 0 spiro atoms. The van der Waals surface area contributed by atoms with Crippen molar-refractivity contribution in [2.45, 2.75) is 12.8 Å². The van der Waals surface area contributed by atoms with Gasteiger partial charge in [0.2, 0.25) is 5.82 Å². The Bertz CT molecular complexity index is 970. The van der Waals surface area contributed by atoms with E-state index in [4.69, 9.17) is 4.84 Å². The summed E-state index contributed by atoms with van der Waals surface area (Å²) >= 11 is 0. The van der Waals surface area contributed by atoms with Crippen molar-refractivity contribution in [1.82, 2.24) is 15.6 Å². The molecule has 1 aromatic heterocycles. The number of nitrogens with one attached hydrogen (secondary N) is 1. The summed E-state index contributed by atoms with van der Waals surface area (Å²) in [5, 5.41) is 3.24. The van der Waals surface area contributed by atoms with Crippen molar-refractivity contribution in [2.24, 2.45) is 0 Å². The van der Waals surface area contributed by atoms with Crippen LogP contribution in [0.2, 0.25) is 0 Å². The van der Waals surface area contributed by atoms with Gasteiger partial charge in [-0.15, -0.1) is 0 Å². The maximum absolute atomic E-state index is 12.5. The SMILES string of the molecule is O=C(NOCc1ccccc1)C(=O)c1ccc(-c2noc(C(F)(F)F)n2)cc1. The van der Waals surface area contributed by atoms with E-state index in [0.29, 0.717) is 0 Å². The third kappa shape index (κ3) is 4.60. The number of benzene rings is 2. The Morgan fingerprint density at radius 2 is 1.71 bits per heavy atom. The van der Waals surface area contributed by atoms with Crippen LogP contribution in [-0.4, -0.2) is 21.8 Å². The quantitative estimate of drug-likeness (QED) is 0.394. The van der Waals surface area contributed by atoms with E-state index >= 15 is 0 Å². The van der Waals surface area contributed by atoms with Gasteiger partial charge in [0.1, 0.15) is 0 Å². The van der Waals surface area contributed by atoms with Crippen molar-refractivity contribution in [2.75, 3.05) is 0 Å². The fourth-order valence-corrected chi connectivity index (χ4v) is 2.16. The largest absolute Gasteiger partial charge is 0.471 e. The Balaban J connectivity index is 1.60. The lowest BCUT2D eigenvalue weighted by Gasteiger charge is -2.05. The molecule has 10 heteroatoms. The zero-order valence-corrected chi connectivity index (χ0v) is 14.1. The highest BCUT2D eigenvalue weighted by Crippen LogP contribution is 2.29. The van der Waals surface area contributed by atoms with Crippen molar-refractivity contribution in [3.8, 4) is 11.4 Å². The first-order chi connectivity index (χ1) is 13.3. The summed E-state index contributed by atoms with van der Waals surface area (Å²) in [6.45, 7) is 0.0815. The average molecular weight is 391 g/mol. The van der Waals surface area contributed by atoms with Gasteiger partial charge in [0.25, 0.3) is 5.78 Å². The first kappa shape index (κ1) is 19.2. The first-order valence-electron chi connectivity index (χ1n) is 7.86. The molecular formula is C18H12F3N3O4. The molecule has 0 radical (unpaired) electrons. The number of hydroxylamine groups is 1. The Morgan fingerprint density at radius 1 is 1.04 bits per heavy atom. The topological polar surface area (TPSA) is 94.3 Å². The molecule has 3 aromatic rings. The van der Waals surface area contributed by atoms with E-state index in [1.54, 1.807) is 24.3 Å². The van der Waals surface area contributed by atoms with E-state index in [1.165, 1.54) is 24.3 Å². The van der Waals surface area contributed by atoms with Crippen LogP contribution in [0, 0.1) is 0 Å². The van der Waals surface area contributed by atoms with Crippen molar-refractivity contribution in [3.63, 3.8) is 0 Å². The van der Waals surface area contributed by atoms with Crippen molar-refractivity contribution < 1.29 is 32.1 Å². The predicted octanol–water partition coefficient (Wildman–Crippen LogP) is 3.19. The lowest BCUT2D eigenvalue weighted by Crippen LogP contribution is -2.31. The van der Waals surface area contributed by atoms with Crippen molar-refractivity contribution in [3.05, 3.63) is 71.6 Å². The third-order valence-corrected chi connectivity index (χ3v) is 3.53. The minimum atomic E-state index is -4.75. The average Bonchev–Trinajstić information content (AvgIpc) is 3.19. The Morgan fingerprint density at radius 3 is 2.32 bits per heavy atom. The molecule has 1 amide bonds. The molecule has 0 atom stereocenters. The van der Waals surface area contributed by atoms with Crippen LogP contribution >= 0.6 is 0 Å². The van der Waals surface area contributed by atoms with Gasteiger partial charge in [0.05, 0.1) is 6.61 Å². The summed E-state index contributed by atoms with van der Waals surface area (Å²) in [5.74, 6) is -3.62. The normalized spacial score (nSPS) is 11.2. The van der Waals surface area contributed by atoms with E-state index in [9.17, 15) is 22.8 Å². The van der Waals surface area contributed by atoms with Crippen LogP contribution in [0.1, 0.15) is 21.8 Å². The van der Waals surface area contributed by atoms with E-state index in [2.05, 4.69) is 14.7 Å². The van der Waals surface area contributed by atoms with Crippen LogP contribution in [0.3, 0.4) is 0 Å². The molecule has 0 unspecified atom stereocenters. The molecule has 28 heavy (non-hydrogen) atoms. The van der Waals surface area contributed by atoms with Crippen LogP contribution < -0.4 is 5.48 Å². The molecule has 3 rings (SSSR count). The highest BCUT2D eigenvalue weighted by atomic mass is 19.4. The molecule has 0 aliphatic rings. The minimum absolute atomic E-state index is 0.0177.